The van der Waals surface area contributed by atoms with Crippen molar-refractivity contribution in [1.29, 1.82) is 0 Å². The Morgan fingerprint density at radius 2 is 1.79 bits per heavy atom. The monoisotopic (exact) mass is 494 g/mol. The minimum Gasteiger partial charge on any atom is -0.264 e. The minimum atomic E-state index is -4.38. The molecular weight excluding hydrogens is 444 g/mol. The molecule has 0 radical (unpaired) electrons. The van der Waals surface area contributed by atoms with E-state index in [9.17, 15) is 8.42 Å². The van der Waals surface area contributed by atoms with E-state index >= 15 is 0 Å². The molecule has 4 aliphatic carbocycles. The molecule has 0 heterocycles. The van der Waals surface area contributed by atoms with E-state index in [1.54, 1.807) is 0 Å². The van der Waals surface area contributed by atoms with Crippen LogP contribution in [0, 0.1) is 52.3 Å². The first-order valence-electron chi connectivity index (χ1n) is 14.2. The molecule has 0 amide bonds. The number of hydrogen-bond donors (Lipinski definition) is 1. The molecule has 4 aliphatic rings. The third-order valence-electron chi connectivity index (χ3n) is 11.5. The average molecular weight is 495 g/mol. The average Bonchev–Trinajstić information content (AvgIpc) is 3.10. The summed E-state index contributed by atoms with van der Waals surface area (Å²) in [6, 6.07) is 0. The lowest BCUT2D eigenvalue weighted by atomic mass is 9.47. The van der Waals surface area contributed by atoms with E-state index < -0.39 is 16.5 Å². The summed E-state index contributed by atoms with van der Waals surface area (Å²) in [6.07, 6.45) is 15.0. The van der Waals surface area contributed by atoms with Crippen LogP contribution >= 0.6 is 0 Å². The maximum atomic E-state index is 11.3. The number of allylic oxidation sites excluding steroid dienone is 1. The molecule has 0 bridgehead atoms. The predicted molar refractivity (Wildman–Crippen MR) is 139 cm³/mol. The smallest absolute Gasteiger partial charge is 0.264 e. The van der Waals surface area contributed by atoms with Gasteiger partial charge in [-0.05, 0) is 110 Å². The van der Waals surface area contributed by atoms with Crippen molar-refractivity contribution in [2.24, 2.45) is 52.3 Å². The minimum absolute atomic E-state index is 0.165. The summed E-state index contributed by atoms with van der Waals surface area (Å²) in [4.78, 5) is 0. The Kier molecular flexibility index (Phi) is 7.70. The lowest BCUT2D eigenvalue weighted by Gasteiger charge is -2.58. The van der Waals surface area contributed by atoms with Crippen molar-refractivity contribution in [3.63, 3.8) is 0 Å². The van der Waals surface area contributed by atoms with Gasteiger partial charge in [-0.25, -0.2) is 4.18 Å². The number of hydrogen-bond acceptors (Lipinski definition) is 3. The summed E-state index contributed by atoms with van der Waals surface area (Å²) >= 11 is 0. The SMILES string of the molecule is CCC(CCC(C)[C@H]1CCC2C3CC=C4C[C@@H](OS(=O)(=O)O)CC[C@]4(C)C3CC[C@@]21C)C(C)C. The molecule has 34 heavy (non-hydrogen) atoms. The molecule has 3 fully saturated rings. The molecule has 5 heteroatoms. The third kappa shape index (κ3) is 4.92. The molecule has 0 aromatic carbocycles. The maximum Gasteiger partial charge on any atom is 0.397 e. The van der Waals surface area contributed by atoms with Crippen molar-refractivity contribution >= 4 is 10.4 Å². The summed E-state index contributed by atoms with van der Waals surface area (Å²) in [5.74, 6) is 5.64. The van der Waals surface area contributed by atoms with Crippen LogP contribution in [0.3, 0.4) is 0 Å². The van der Waals surface area contributed by atoms with Crippen molar-refractivity contribution < 1.29 is 17.2 Å². The molecule has 4 nitrogen and oxygen atoms in total. The Balaban J connectivity index is 1.46. The van der Waals surface area contributed by atoms with E-state index in [1.807, 2.05) is 0 Å². The lowest BCUT2D eigenvalue weighted by molar-refractivity contribution is -0.0563. The molecule has 1 N–H and O–H groups in total. The highest BCUT2D eigenvalue weighted by molar-refractivity contribution is 7.80. The second kappa shape index (κ2) is 9.82. The first-order valence-corrected chi connectivity index (χ1v) is 15.6. The Hall–Kier alpha value is -0.390. The van der Waals surface area contributed by atoms with Gasteiger partial charge in [0.05, 0.1) is 6.10 Å². The molecule has 196 valence electrons. The molecule has 5 unspecified atom stereocenters. The zero-order valence-electron chi connectivity index (χ0n) is 22.6. The van der Waals surface area contributed by atoms with Crippen LogP contribution in [-0.4, -0.2) is 19.1 Å². The fraction of sp³-hybridized carbons (Fsp3) is 0.931. The van der Waals surface area contributed by atoms with Gasteiger partial charge >= 0.3 is 10.4 Å². The van der Waals surface area contributed by atoms with E-state index in [1.165, 1.54) is 50.5 Å². The van der Waals surface area contributed by atoms with E-state index in [2.05, 4.69) is 47.6 Å². The summed E-state index contributed by atoms with van der Waals surface area (Å²) in [6.45, 7) is 14.8. The van der Waals surface area contributed by atoms with Gasteiger partial charge in [-0.2, -0.15) is 8.42 Å². The molecule has 0 spiro atoms. The van der Waals surface area contributed by atoms with Gasteiger partial charge in [-0.15, -0.1) is 0 Å². The largest absolute Gasteiger partial charge is 0.397 e. The van der Waals surface area contributed by atoms with E-state index in [0.717, 1.165) is 48.3 Å². The zero-order chi connectivity index (χ0) is 24.9. The topological polar surface area (TPSA) is 63.6 Å². The van der Waals surface area contributed by atoms with Crippen molar-refractivity contribution in [1.82, 2.24) is 0 Å². The van der Waals surface area contributed by atoms with Crippen LogP contribution < -0.4 is 0 Å². The predicted octanol–water partition coefficient (Wildman–Crippen LogP) is 7.85. The summed E-state index contributed by atoms with van der Waals surface area (Å²) in [5, 5.41) is 0. The molecule has 9 atom stereocenters. The first kappa shape index (κ1) is 26.7. The quantitative estimate of drug-likeness (QED) is 0.276. The lowest BCUT2D eigenvalue weighted by Crippen LogP contribution is -2.51. The maximum absolute atomic E-state index is 11.3. The van der Waals surface area contributed by atoms with Gasteiger partial charge in [0.15, 0.2) is 0 Å². The summed E-state index contributed by atoms with van der Waals surface area (Å²) < 4.78 is 36.7. The first-order chi connectivity index (χ1) is 15.9. The Morgan fingerprint density at radius 1 is 1.06 bits per heavy atom. The molecular formula is C29H50O4S. The van der Waals surface area contributed by atoms with Gasteiger partial charge in [0.1, 0.15) is 0 Å². The van der Waals surface area contributed by atoms with Gasteiger partial charge < -0.3 is 0 Å². The highest BCUT2D eigenvalue weighted by atomic mass is 32.3. The van der Waals surface area contributed by atoms with Gasteiger partial charge in [0.2, 0.25) is 0 Å². The Morgan fingerprint density at radius 3 is 2.44 bits per heavy atom. The van der Waals surface area contributed by atoms with Crippen LogP contribution in [0.25, 0.3) is 0 Å². The molecule has 0 aromatic rings. The fourth-order valence-electron chi connectivity index (χ4n) is 9.54. The van der Waals surface area contributed by atoms with Gasteiger partial charge in [-0.1, -0.05) is 66.0 Å². The second-order valence-electron chi connectivity index (χ2n) is 13.3. The Bertz CT molecular complexity index is 863. The zero-order valence-corrected chi connectivity index (χ0v) is 23.4. The molecule has 4 rings (SSSR count). The standard InChI is InChI=1S/C29H50O4S/c1-7-21(19(2)3)9-8-20(4)25-12-13-26-24-11-10-22-18-23(33-34(30,31)32)14-16-28(22,5)27(24)15-17-29(25,26)6/h10,19-21,23-27H,7-9,11-18H2,1-6H3,(H,30,31,32)/t20?,21?,23-,24?,25+,26?,27?,28-,29+/m0/s1. The van der Waals surface area contributed by atoms with Crippen LogP contribution in [0.2, 0.25) is 0 Å². The third-order valence-corrected chi connectivity index (χ3v) is 12.1. The van der Waals surface area contributed by atoms with Gasteiger partial charge in [0, 0.05) is 0 Å². The molecule has 0 aliphatic heterocycles. The second-order valence-corrected chi connectivity index (χ2v) is 14.4. The number of rotatable bonds is 8. The molecule has 3 saturated carbocycles. The molecule has 0 saturated heterocycles. The normalized spacial score (nSPS) is 41.9. The van der Waals surface area contributed by atoms with E-state index in [4.69, 9.17) is 8.74 Å². The van der Waals surface area contributed by atoms with Crippen LogP contribution in [-0.2, 0) is 14.6 Å². The van der Waals surface area contributed by atoms with Crippen molar-refractivity contribution in [2.75, 3.05) is 0 Å². The highest BCUT2D eigenvalue weighted by Crippen LogP contribution is 2.67. The van der Waals surface area contributed by atoms with Crippen molar-refractivity contribution in [2.45, 2.75) is 118 Å². The fourth-order valence-corrected chi connectivity index (χ4v) is 10.1. The van der Waals surface area contributed by atoms with Crippen LogP contribution in [0.4, 0.5) is 0 Å². The van der Waals surface area contributed by atoms with Crippen molar-refractivity contribution in [3.8, 4) is 0 Å². The van der Waals surface area contributed by atoms with Crippen LogP contribution in [0.5, 0.6) is 0 Å². The van der Waals surface area contributed by atoms with E-state index in [0.29, 0.717) is 24.2 Å². The Labute approximate surface area is 209 Å². The van der Waals surface area contributed by atoms with E-state index in [-0.39, 0.29) is 5.41 Å². The summed E-state index contributed by atoms with van der Waals surface area (Å²) in [5.41, 5.74) is 2.03. The van der Waals surface area contributed by atoms with Gasteiger partial charge in [-0.3, -0.25) is 4.55 Å². The summed E-state index contributed by atoms with van der Waals surface area (Å²) in [7, 11) is -4.38. The van der Waals surface area contributed by atoms with Crippen molar-refractivity contribution in [3.05, 3.63) is 11.6 Å². The number of fused-ring (bicyclic) bond motifs is 5. The molecule has 0 aromatic heterocycles. The van der Waals surface area contributed by atoms with Gasteiger partial charge in [0.25, 0.3) is 0 Å². The van der Waals surface area contributed by atoms with Crippen LogP contribution in [0.1, 0.15) is 112 Å². The van der Waals surface area contributed by atoms with Crippen LogP contribution in [0.15, 0.2) is 11.6 Å². The highest BCUT2D eigenvalue weighted by Gasteiger charge is 2.59.